The van der Waals surface area contributed by atoms with Crippen molar-refractivity contribution in [1.29, 1.82) is 0 Å². The first kappa shape index (κ1) is 46.4. The van der Waals surface area contributed by atoms with Crippen LogP contribution in [0.2, 0.25) is 0 Å². The molecule has 2 atom stereocenters. The van der Waals surface area contributed by atoms with Crippen molar-refractivity contribution in [3.63, 3.8) is 0 Å². The van der Waals surface area contributed by atoms with Crippen molar-refractivity contribution in [2.75, 3.05) is 6.61 Å². The Labute approximate surface area is 300 Å². The minimum Gasteiger partial charge on any atom is -0.465 e. The van der Waals surface area contributed by atoms with Gasteiger partial charge >= 0.3 is 11.9 Å². The highest BCUT2D eigenvalue weighted by Gasteiger charge is 2.14. The van der Waals surface area contributed by atoms with Gasteiger partial charge in [0, 0.05) is 12.8 Å². The third-order valence-corrected chi connectivity index (χ3v) is 9.69. The second kappa shape index (κ2) is 38.2. The van der Waals surface area contributed by atoms with Gasteiger partial charge < -0.3 is 9.47 Å². The number of hydrogen-bond donors (Lipinski definition) is 0. The summed E-state index contributed by atoms with van der Waals surface area (Å²) in [7, 11) is 0. The van der Waals surface area contributed by atoms with Crippen LogP contribution in [0.4, 0.5) is 0 Å². The Morgan fingerprint density at radius 2 is 0.938 bits per heavy atom. The molecule has 0 aromatic heterocycles. The zero-order chi connectivity index (χ0) is 35.2. The van der Waals surface area contributed by atoms with Gasteiger partial charge in [0.05, 0.1) is 6.61 Å². The standard InChI is InChI=1S/C44H82O4/c1-5-9-12-14-15-16-17-18-19-20-21-22-27-30-34-39-44(46)48-42(36-31-13-10-6-2)37-32-28-25-23-24-26-29-33-38-43(45)47-40-41(8-4)35-11-7-3/h15-16,18-19,41-42H,5-14,17,20-40H2,1-4H3/b16-15-,19-18-. The normalized spacial score (nSPS) is 13.0. The van der Waals surface area contributed by atoms with Crippen LogP contribution >= 0.6 is 0 Å². The Morgan fingerprint density at radius 3 is 1.50 bits per heavy atom. The molecule has 0 spiro atoms. The molecule has 4 nitrogen and oxygen atoms in total. The summed E-state index contributed by atoms with van der Waals surface area (Å²) in [5.41, 5.74) is 0. The first-order valence-corrected chi connectivity index (χ1v) is 21.2. The van der Waals surface area contributed by atoms with Crippen molar-refractivity contribution in [2.45, 2.75) is 233 Å². The quantitative estimate of drug-likeness (QED) is 0.0374. The van der Waals surface area contributed by atoms with Gasteiger partial charge in [-0.25, -0.2) is 0 Å². The van der Waals surface area contributed by atoms with E-state index in [2.05, 4.69) is 52.0 Å². The summed E-state index contributed by atoms with van der Waals surface area (Å²) in [6.45, 7) is 9.50. The van der Waals surface area contributed by atoms with Gasteiger partial charge in [0.25, 0.3) is 0 Å². The van der Waals surface area contributed by atoms with Crippen molar-refractivity contribution in [3.8, 4) is 0 Å². The molecular weight excluding hydrogens is 592 g/mol. The molecule has 0 fully saturated rings. The molecule has 0 N–H and O–H groups in total. The van der Waals surface area contributed by atoms with Gasteiger partial charge in [-0.05, 0) is 83.0 Å². The Bertz CT molecular complexity index is 742. The molecule has 0 aromatic carbocycles. The van der Waals surface area contributed by atoms with Crippen LogP contribution in [0, 0.1) is 5.92 Å². The average molecular weight is 675 g/mol. The molecule has 0 aliphatic carbocycles. The average Bonchev–Trinajstić information content (AvgIpc) is 3.09. The highest BCUT2D eigenvalue weighted by molar-refractivity contribution is 5.69. The second-order valence-corrected chi connectivity index (χ2v) is 14.4. The van der Waals surface area contributed by atoms with E-state index in [1.165, 1.54) is 128 Å². The van der Waals surface area contributed by atoms with Crippen LogP contribution in [0.25, 0.3) is 0 Å². The van der Waals surface area contributed by atoms with Crippen LogP contribution in [0.5, 0.6) is 0 Å². The molecule has 0 heterocycles. The number of allylic oxidation sites excluding steroid dienone is 4. The molecule has 282 valence electrons. The minimum absolute atomic E-state index is 0.0130. The largest absolute Gasteiger partial charge is 0.465 e. The lowest BCUT2D eigenvalue weighted by molar-refractivity contribution is -0.150. The van der Waals surface area contributed by atoms with E-state index in [1.807, 2.05) is 0 Å². The van der Waals surface area contributed by atoms with E-state index in [0.717, 1.165) is 57.8 Å². The third-order valence-electron chi connectivity index (χ3n) is 9.69. The number of esters is 2. The first-order valence-electron chi connectivity index (χ1n) is 21.2. The van der Waals surface area contributed by atoms with Gasteiger partial charge in [0.1, 0.15) is 6.10 Å². The Morgan fingerprint density at radius 1 is 0.479 bits per heavy atom. The highest BCUT2D eigenvalue weighted by Crippen LogP contribution is 2.19. The van der Waals surface area contributed by atoms with Crippen LogP contribution < -0.4 is 0 Å². The molecule has 48 heavy (non-hydrogen) atoms. The maximum atomic E-state index is 12.6. The van der Waals surface area contributed by atoms with Crippen molar-refractivity contribution >= 4 is 11.9 Å². The van der Waals surface area contributed by atoms with E-state index in [4.69, 9.17) is 9.47 Å². The van der Waals surface area contributed by atoms with Crippen LogP contribution in [-0.4, -0.2) is 24.6 Å². The van der Waals surface area contributed by atoms with Gasteiger partial charge in [0.15, 0.2) is 0 Å². The maximum Gasteiger partial charge on any atom is 0.306 e. The van der Waals surface area contributed by atoms with Gasteiger partial charge in [-0.15, -0.1) is 0 Å². The predicted octanol–water partition coefficient (Wildman–Crippen LogP) is 14.3. The van der Waals surface area contributed by atoms with Crippen molar-refractivity contribution in [3.05, 3.63) is 24.3 Å². The van der Waals surface area contributed by atoms with E-state index in [1.54, 1.807) is 0 Å². The minimum atomic E-state index is -0.0130. The Balaban J connectivity index is 3.92. The SMILES string of the molecule is CCCCC/C=C\C/C=C\CCCCCCCC(=O)OC(CCCCCC)CCCCCCCCCCC(=O)OCC(CC)CCCC. The number of ether oxygens (including phenoxy) is 2. The topological polar surface area (TPSA) is 52.6 Å². The molecule has 0 aliphatic heterocycles. The summed E-state index contributed by atoms with van der Waals surface area (Å²) in [5, 5.41) is 0. The monoisotopic (exact) mass is 675 g/mol. The first-order chi connectivity index (χ1) is 23.6. The van der Waals surface area contributed by atoms with E-state index in [-0.39, 0.29) is 18.0 Å². The fourth-order valence-electron chi connectivity index (χ4n) is 6.27. The number of carbonyl (C=O) groups is 2. The number of unbranched alkanes of at least 4 members (excludes halogenated alkanes) is 19. The van der Waals surface area contributed by atoms with Crippen LogP contribution in [0.1, 0.15) is 227 Å². The molecule has 0 saturated carbocycles. The molecule has 0 bridgehead atoms. The fourth-order valence-corrected chi connectivity index (χ4v) is 6.27. The van der Waals surface area contributed by atoms with Crippen LogP contribution in [0.15, 0.2) is 24.3 Å². The van der Waals surface area contributed by atoms with Gasteiger partial charge in [-0.2, -0.15) is 0 Å². The number of rotatable bonds is 37. The smallest absolute Gasteiger partial charge is 0.306 e. The Hall–Kier alpha value is -1.58. The molecule has 4 heteroatoms. The molecule has 2 unspecified atom stereocenters. The molecule has 0 aliphatic rings. The molecular formula is C44H82O4. The van der Waals surface area contributed by atoms with E-state index < -0.39 is 0 Å². The van der Waals surface area contributed by atoms with E-state index in [0.29, 0.717) is 25.4 Å². The summed E-state index contributed by atoms with van der Waals surface area (Å²) in [5.74, 6) is 0.533. The summed E-state index contributed by atoms with van der Waals surface area (Å²) < 4.78 is 11.5. The maximum absolute atomic E-state index is 12.6. The zero-order valence-electron chi connectivity index (χ0n) is 32.7. The van der Waals surface area contributed by atoms with Crippen molar-refractivity contribution < 1.29 is 19.1 Å². The fraction of sp³-hybridized carbons (Fsp3) is 0.864. The molecule has 0 radical (unpaired) electrons. The van der Waals surface area contributed by atoms with Gasteiger partial charge in [-0.3, -0.25) is 9.59 Å². The number of hydrogen-bond acceptors (Lipinski definition) is 4. The summed E-state index contributed by atoms with van der Waals surface area (Å²) in [4.78, 5) is 24.7. The van der Waals surface area contributed by atoms with Crippen molar-refractivity contribution in [2.24, 2.45) is 5.92 Å². The van der Waals surface area contributed by atoms with Crippen LogP contribution in [-0.2, 0) is 19.1 Å². The molecule has 0 aromatic rings. The van der Waals surface area contributed by atoms with Crippen molar-refractivity contribution in [1.82, 2.24) is 0 Å². The third kappa shape index (κ3) is 34.3. The molecule has 0 amide bonds. The van der Waals surface area contributed by atoms with Crippen LogP contribution in [0.3, 0.4) is 0 Å². The summed E-state index contributed by atoms with van der Waals surface area (Å²) in [6, 6.07) is 0. The molecule has 0 saturated heterocycles. The van der Waals surface area contributed by atoms with Gasteiger partial charge in [0.2, 0.25) is 0 Å². The predicted molar refractivity (Wildman–Crippen MR) is 208 cm³/mol. The lowest BCUT2D eigenvalue weighted by atomic mass is 10.0. The van der Waals surface area contributed by atoms with E-state index >= 15 is 0 Å². The molecule has 0 rings (SSSR count). The van der Waals surface area contributed by atoms with E-state index in [9.17, 15) is 9.59 Å². The zero-order valence-corrected chi connectivity index (χ0v) is 32.7. The van der Waals surface area contributed by atoms with Gasteiger partial charge in [-0.1, -0.05) is 161 Å². The summed E-state index contributed by atoms with van der Waals surface area (Å²) >= 11 is 0. The lowest BCUT2D eigenvalue weighted by Crippen LogP contribution is -2.18. The Kier molecular flexibility index (Phi) is 37.0. The second-order valence-electron chi connectivity index (χ2n) is 14.4. The lowest BCUT2D eigenvalue weighted by Gasteiger charge is -2.18. The number of carbonyl (C=O) groups excluding carboxylic acids is 2. The summed E-state index contributed by atoms with van der Waals surface area (Å²) in [6.07, 6.45) is 44.7. The highest BCUT2D eigenvalue weighted by atomic mass is 16.5.